The Bertz CT molecular complexity index is 738. The summed E-state index contributed by atoms with van der Waals surface area (Å²) in [5.74, 6) is 0.122. The fraction of sp³-hybridized carbons (Fsp3) is 0.250. The van der Waals surface area contributed by atoms with Crippen molar-refractivity contribution in [2.45, 2.75) is 29.4 Å². The third-order valence-corrected chi connectivity index (χ3v) is 6.47. The molecule has 1 fully saturated rings. The van der Waals surface area contributed by atoms with Crippen LogP contribution in [0.3, 0.4) is 0 Å². The summed E-state index contributed by atoms with van der Waals surface area (Å²) in [5, 5.41) is 0.296. The standard InChI is InChI=1S/C16H15ClO2S/c1-11-9-13(7-8-15(11)17)20(18,19)16-10-14(16)12-5-3-2-4-6-12/h2-9,14,16H,10H2,1H3/t14-,16-/m0/s1. The van der Waals surface area contributed by atoms with E-state index in [1.54, 1.807) is 18.2 Å². The van der Waals surface area contributed by atoms with Gasteiger partial charge in [-0.1, -0.05) is 41.9 Å². The molecular weight excluding hydrogens is 292 g/mol. The monoisotopic (exact) mass is 306 g/mol. The molecular formula is C16H15ClO2S. The smallest absolute Gasteiger partial charge is 0.181 e. The molecule has 2 nitrogen and oxygen atoms in total. The summed E-state index contributed by atoms with van der Waals surface area (Å²) in [6.07, 6.45) is 0.702. The van der Waals surface area contributed by atoms with Gasteiger partial charge in [-0.25, -0.2) is 8.42 Å². The molecule has 0 heterocycles. The van der Waals surface area contributed by atoms with Gasteiger partial charge in [0.15, 0.2) is 9.84 Å². The van der Waals surface area contributed by atoms with E-state index in [0.29, 0.717) is 16.3 Å². The van der Waals surface area contributed by atoms with Crippen LogP contribution in [0.1, 0.15) is 23.5 Å². The minimum Gasteiger partial charge on any atom is -0.223 e. The normalized spacial score (nSPS) is 21.7. The lowest BCUT2D eigenvalue weighted by Crippen LogP contribution is -2.09. The number of hydrogen-bond acceptors (Lipinski definition) is 2. The fourth-order valence-electron chi connectivity index (χ4n) is 2.53. The zero-order chi connectivity index (χ0) is 14.3. The highest BCUT2D eigenvalue weighted by Crippen LogP contribution is 2.48. The SMILES string of the molecule is Cc1cc(S(=O)(=O)[C@H]2C[C@H]2c2ccccc2)ccc1Cl. The van der Waals surface area contributed by atoms with Crippen LogP contribution in [0.25, 0.3) is 0 Å². The van der Waals surface area contributed by atoms with Gasteiger partial charge < -0.3 is 0 Å². The Hall–Kier alpha value is -1.32. The van der Waals surface area contributed by atoms with E-state index in [1.807, 2.05) is 37.3 Å². The average Bonchev–Trinajstić information content (AvgIpc) is 3.24. The lowest BCUT2D eigenvalue weighted by molar-refractivity contribution is 0.594. The zero-order valence-corrected chi connectivity index (χ0v) is 12.7. The van der Waals surface area contributed by atoms with Crippen LogP contribution >= 0.6 is 11.6 Å². The highest BCUT2D eigenvalue weighted by atomic mass is 35.5. The number of hydrogen-bond donors (Lipinski definition) is 0. The minimum atomic E-state index is -3.26. The van der Waals surface area contributed by atoms with E-state index in [1.165, 1.54) is 0 Å². The number of benzene rings is 2. The molecule has 0 unspecified atom stereocenters. The van der Waals surface area contributed by atoms with E-state index in [-0.39, 0.29) is 11.2 Å². The molecule has 1 aliphatic rings. The predicted octanol–water partition coefficient (Wildman–Crippen LogP) is 3.98. The number of rotatable bonds is 3. The fourth-order valence-corrected chi connectivity index (χ4v) is 4.65. The number of aryl methyl sites for hydroxylation is 1. The van der Waals surface area contributed by atoms with Crippen LogP contribution in [-0.2, 0) is 9.84 Å². The Balaban J connectivity index is 1.89. The summed E-state index contributed by atoms with van der Waals surface area (Å²) >= 11 is 5.96. The van der Waals surface area contributed by atoms with Crippen molar-refractivity contribution in [3.05, 3.63) is 64.7 Å². The van der Waals surface area contributed by atoms with E-state index >= 15 is 0 Å². The molecule has 0 N–H and O–H groups in total. The molecule has 3 rings (SSSR count). The van der Waals surface area contributed by atoms with Gasteiger partial charge >= 0.3 is 0 Å². The van der Waals surface area contributed by atoms with Crippen LogP contribution in [0.5, 0.6) is 0 Å². The molecule has 0 aromatic heterocycles. The van der Waals surface area contributed by atoms with E-state index in [4.69, 9.17) is 11.6 Å². The summed E-state index contributed by atoms with van der Waals surface area (Å²) in [6, 6.07) is 14.7. The van der Waals surface area contributed by atoms with Crippen LogP contribution in [0.2, 0.25) is 5.02 Å². The molecule has 2 atom stereocenters. The summed E-state index contributed by atoms with van der Waals surface area (Å²) < 4.78 is 25.2. The highest BCUT2D eigenvalue weighted by molar-refractivity contribution is 7.92. The second kappa shape index (κ2) is 4.90. The van der Waals surface area contributed by atoms with Crippen molar-refractivity contribution < 1.29 is 8.42 Å². The van der Waals surface area contributed by atoms with Crippen molar-refractivity contribution in [2.75, 3.05) is 0 Å². The van der Waals surface area contributed by atoms with Crippen molar-refractivity contribution in [1.82, 2.24) is 0 Å². The third kappa shape index (κ3) is 2.36. The van der Waals surface area contributed by atoms with Gasteiger partial charge in [0.25, 0.3) is 0 Å². The largest absolute Gasteiger partial charge is 0.223 e. The molecule has 2 aromatic carbocycles. The quantitative estimate of drug-likeness (QED) is 0.859. The van der Waals surface area contributed by atoms with E-state index in [9.17, 15) is 8.42 Å². The Morgan fingerprint density at radius 2 is 1.80 bits per heavy atom. The van der Waals surface area contributed by atoms with Crippen LogP contribution in [-0.4, -0.2) is 13.7 Å². The van der Waals surface area contributed by atoms with Crippen LogP contribution in [0.4, 0.5) is 0 Å². The zero-order valence-electron chi connectivity index (χ0n) is 11.1. The van der Waals surface area contributed by atoms with Gasteiger partial charge in [0.2, 0.25) is 0 Å². The van der Waals surface area contributed by atoms with E-state index in [0.717, 1.165) is 11.1 Å². The van der Waals surface area contributed by atoms with E-state index in [2.05, 4.69) is 0 Å². The van der Waals surface area contributed by atoms with Gasteiger partial charge in [-0.05, 0) is 42.7 Å². The van der Waals surface area contributed by atoms with Gasteiger partial charge in [-0.2, -0.15) is 0 Å². The molecule has 0 aliphatic heterocycles. The number of sulfone groups is 1. The van der Waals surface area contributed by atoms with Gasteiger partial charge in [0, 0.05) is 10.9 Å². The average molecular weight is 307 g/mol. The first-order chi connectivity index (χ1) is 9.50. The van der Waals surface area contributed by atoms with Crippen molar-refractivity contribution >= 4 is 21.4 Å². The number of halogens is 1. The minimum absolute atomic E-state index is 0.122. The Morgan fingerprint density at radius 1 is 1.10 bits per heavy atom. The van der Waals surface area contributed by atoms with Crippen LogP contribution in [0.15, 0.2) is 53.4 Å². The topological polar surface area (TPSA) is 34.1 Å². The highest BCUT2D eigenvalue weighted by Gasteiger charge is 2.48. The second-order valence-corrected chi connectivity index (χ2v) is 7.82. The Morgan fingerprint density at radius 3 is 2.45 bits per heavy atom. The first-order valence-corrected chi connectivity index (χ1v) is 8.47. The summed E-state index contributed by atoms with van der Waals surface area (Å²) in [4.78, 5) is 0.378. The molecule has 0 bridgehead atoms. The molecule has 104 valence electrons. The molecule has 4 heteroatoms. The molecule has 0 radical (unpaired) electrons. The Labute approximate surface area is 124 Å². The molecule has 0 saturated heterocycles. The van der Waals surface area contributed by atoms with Crippen LogP contribution in [0, 0.1) is 6.92 Å². The van der Waals surface area contributed by atoms with Gasteiger partial charge in [-0.15, -0.1) is 0 Å². The van der Waals surface area contributed by atoms with Crippen molar-refractivity contribution in [2.24, 2.45) is 0 Å². The molecule has 2 aromatic rings. The summed E-state index contributed by atoms with van der Waals surface area (Å²) in [6.45, 7) is 1.82. The first kappa shape index (κ1) is 13.7. The molecule has 0 spiro atoms. The predicted molar refractivity (Wildman–Crippen MR) is 81.0 cm³/mol. The van der Waals surface area contributed by atoms with Gasteiger partial charge in [-0.3, -0.25) is 0 Å². The Kier molecular flexibility index (Phi) is 3.35. The van der Waals surface area contributed by atoms with Gasteiger partial charge in [0.1, 0.15) is 0 Å². The van der Waals surface area contributed by atoms with Crippen molar-refractivity contribution in [3.63, 3.8) is 0 Å². The maximum absolute atomic E-state index is 12.6. The molecule has 0 amide bonds. The lowest BCUT2D eigenvalue weighted by atomic mass is 10.1. The van der Waals surface area contributed by atoms with Gasteiger partial charge in [0.05, 0.1) is 10.1 Å². The summed E-state index contributed by atoms with van der Waals surface area (Å²) in [7, 11) is -3.26. The molecule has 20 heavy (non-hydrogen) atoms. The van der Waals surface area contributed by atoms with Crippen LogP contribution < -0.4 is 0 Å². The van der Waals surface area contributed by atoms with E-state index < -0.39 is 9.84 Å². The maximum Gasteiger partial charge on any atom is 0.181 e. The molecule has 1 aliphatic carbocycles. The second-order valence-electron chi connectivity index (χ2n) is 5.25. The maximum atomic E-state index is 12.6. The summed E-state index contributed by atoms with van der Waals surface area (Å²) in [5.41, 5.74) is 1.90. The van der Waals surface area contributed by atoms with Crippen molar-refractivity contribution in [1.29, 1.82) is 0 Å². The first-order valence-electron chi connectivity index (χ1n) is 6.55. The molecule has 1 saturated carbocycles. The third-order valence-electron chi connectivity index (χ3n) is 3.82. The lowest BCUT2D eigenvalue weighted by Gasteiger charge is -2.06. The van der Waals surface area contributed by atoms with Crippen molar-refractivity contribution in [3.8, 4) is 0 Å².